The minimum atomic E-state index is 0.887. The van der Waals surface area contributed by atoms with Gasteiger partial charge in [0.2, 0.25) is 0 Å². The van der Waals surface area contributed by atoms with Crippen molar-refractivity contribution in [2.24, 2.45) is 0 Å². The molecule has 2 heterocycles. The predicted molar refractivity (Wildman–Crippen MR) is 88.7 cm³/mol. The zero-order valence-electron chi connectivity index (χ0n) is 12.1. The van der Waals surface area contributed by atoms with Gasteiger partial charge in [0, 0.05) is 23.6 Å². The fourth-order valence-electron chi connectivity index (χ4n) is 2.20. The normalized spacial score (nSPS) is 11.1. The first-order valence-electron chi connectivity index (χ1n) is 7.26. The maximum Gasteiger partial charge on any atom is 0.102 e. The molecule has 21 heavy (non-hydrogen) atoms. The molecule has 3 nitrogen and oxygen atoms in total. The average molecular weight is 297 g/mol. The summed E-state index contributed by atoms with van der Waals surface area (Å²) in [6.07, 6.45) is 3.11. The van der Waals surface area contributed by atoms with Crippen LogP contribution in [-0.4, -0.2) is 16.5 Å². The summed E-state index contributed by atoms with van der Waals surface area (Å²) in [5, 5.41) is 6.76. The van der Waals surface area contributed by atoms with Crippen LogP contribution in [0.3, 0.4) is 0 Å². The smallest absolute Gasteiger partial charge is 0.102 e. The van der Waals surface area contributed by atoms with Crippen molar-refractivity contribution in [2.45, 2.75) is 29.9 Å². The van der Waals surface area contributed by atoms with Crippen molar-refractivity contribution in [3.05, 3.63) is 54.2 Å². The van der Waals surface area contributed by atoms with Crippen LogP contribution in [-0.2, 0) is 6.54 Å². The van der Waals surface area contributed by atoms with E-state index in [0.717, 1.165) is 29.6 Å². The molecule has 0 spiro atoms. The Morgan fingerprint density at radius 3 is 2.86 bits per heavy atom. The van der Waals surface area contributed by atoms with Gasteiger partial charge in [-0.15, -0.1) is 0 Å². The third-order valence-electron chi connectivity index (χ3n) is 3.27. The molecule has 4 heteroatoms. The van der Waals surface area contributed by atoms with Gasteiger partial charge in [-0.1, -0.05) is 43.0 Å². The molecule has 0 aliphatic rings. The van der Waals surface area contributed by atoms with Crippen molar-refractivity contribution in [3.8, 4) is 0 Å². The lowest BCUT2D eigenvalue weighted by atomic mass is 10.3. The quantitative estimate of drug-likeness (QED) is 0.669. The zero-order chi connectivity index (χ0) is 14.5. The number of rotatable bonds is 6. The molecule has 1 aromatic carbocycles. The predicted octanol–water partition coefficient (Wildman–Crippen LogP) is 4.21. The standard InChI is InChI=1S/C17H19N3S/c1-2-9-18-11-13-7-8-16(19-12-13)21-17-10-14-5-3-4-6-15(14)20-17/h3-8,10,12,18,20H,2,9,11H2,1H3. The summed E-state index contributed by atoms with van der Waals surface area (Å²) in [7, 11) is 0. The summed E-state index contributed by atoms with van der Waals surface area (Å²) in [6, 6.07) is 14.7. The van der Waals surface area contributed by atoms with Gasteiger partial charge in [0.1, 0.15) is 5.03 Å². The summed E-state index contributed by atoms with van der Waals surface area (Å²) in [5.74, 6) is 0. The van der Waals surface area contributed by atoms with E-state index in [2.05, 4.69) is 58.6 Å². The Morgan fingerprint density at radius 1 is 1.19 bits per heavy atom. The van der Waals surface area contributed by atoms with Crippen molar-refractivity contribution in [2.75, 3.05) is 6.54 Å². The molecule has 0 saturated carbocycles. The molecular formula is C17H19N3S. The number of nitrogens with zero attached hydrogens (tertiary/aromatic N) is 1. The summed E-state index contributed by atoms with van der Waals surface area (Å²) >= 11 is 1.66. The molecule has 0 unspecified atom stereocenters. The highest BCUT2D eigenvalue weighted by Crippen LogP contribution is 2.28. The lowest BCUT2D eigenvalue weighted by Crippen LogP contribution is -2.13. The SMILES string of the molecule is CCCNCc1ccc(Sc2cc3ccccc3[nH]2)nc1. The number of aromatic amines is 1. The van der Waals surface area contributed by atoms with Gasteiger partial charge in [-0.05, 0) is 36.7 Å². The maximum absolute atomic E-state index is 4.53. The van der Waals surface area contributed by atoms with Gasteiger partial charge in [-0.25, -0.2) is 4.98 Å². The number of hydrogen-bond acceptors (Lipinski definition) is 3. The summed E-state index contributed by atoms with van der Waals surface area (Å²) in [4.78, 5) is 7.94. The van der Waals surface area contributed by atoms with Gasteiger partial charge in [0.25, 0.3) is 0 Å². The second-order valence-electron chi connectivity index (χ2n) is 5.00. The van der Waals surface area contributed by atoms with Crippen LogP contribution in [0.4, 0.5) is 0 Å². The summed E-state index contributed by atoms with van der Waals surface area (Å²) in [6.45, 7) is 4.11. The van der Waals surface area contributed by atoms with E-state index in [1.54, 1.807) is 11.8 Å². The molecule has 0 atom stereocenters. The Kier molecular flexibility index (Phi) is 4.58. The van der Waals surface area contributed by atoms with Crippen molar-refractivity contribution < 1.29 is 0 Å². The number of para-hydroxylation sites is 1. The number of benzene rings is 1. The maximum atomic E-state index is 4.53. The Morgan fingerprint density at radius 2 is 2.10 bits per heavy atom. The first kappa shape index (κ1) is 14.2. The topological polar surface area (TPSA) is 40.7 Å². The molecule has 0 saturated heterocycles. The molecule has 0 aliphatic heterocycles. The Labute approximate surface area is 129 Å². The summed E-state index contributed by atoms with van der Waals surface area (Å²) < 4.78 is 0. The van der Waals surface area contributed by atoms with E-state index < -0.39 is 0 Å². The number of aromatic nitrogens is 2. The van der Waals surface area contributed by atoms with E-state index in [0.29, 0.717) is 0 Å². The van der Waals surface area contributed by atoms with Gasteiger partial charge in [0.05, 0.1) is 5.03 Å². The largest absolute Gasteiger partial charge is 0.349 e. The van der Waals surface area contributed by atoms with Gasteiger partial charge < -0.3 is 10.3 Å². The molecule has 0 aliphatic carbocycles. The third kappa shape index (κ3) is 3.65. The fraction of sp³-hybridized carbons (Fsp3) is 0.235. The molecule has 3 aromatic rings. The highest BCUT2D eigenvalue weighted by atomic mass is 32.2. The van der Waals surface area contributed by atoms with E-state index in [4.69, 9.17) is 0 Å². The number of H-pyrrole nitrogens is 1. The second kappa shape index (κ2) is 6.78. The van der Waals surface area contributed by atoms with Crippen LogP contribution in [0.1, 0.15) is 18.9 Å². The summed E-state index contributed by atoms with van der Waals surface area (Å²) in [5.41, 5.74) is 2.39. The van der Waals surface area contributed by atoms with E-state index >= 15 is 0 Å². The van der Waals surface area contributed by atoms with Crippen molar-refractivity contribution >= 4 is 22.7 Å². The van der Waals surface area contributed by atoms with E-state index in [1.165, 1.54) is 16.5 Å². The van der Waals surface area contributed by atoms with Crippen LogP contribution in [0.25, 0.3) is 10.9 Å². The highest BCUT2D eigenvalue weighted by Gasteiger charge is 2.03. The molecule has 2 N–H and O–H groups in total. The van der Waals surface area contributed by atoms with Crippen LogP contribution in [0.15, 0.2) is 58.7 Å². The first-order chi connectivity index (χ1) is 10.3. The van der Waals surface area contributed by atoms with Crippen LogP contribution >= 0.6 is 11.8 Å². The highest BCUT2D eigenvalue weighted by molar-refractivity contribution is 7.99. The first-order valence-corrected chi connectivity index (χ1v) is 8.08. The number of pyridine rings is 1. The number of nitrogens with one attached hydrogen (secondary N) is 2. The van der Waals surface area contributed by atoms with Crippen molar-refractivity contribution in [1.29, 1.82) is 0 Å². The average Bonchev–Trinajstić information content (AvgIpc) is 2.91. The Bertz CT molecular complexity index is 670. The third-order valence-corrected chi connectivity index (χ3v) is 4.16. The minimum absolute atomic E-state index is 0.887. The number of fused-ring (bicyclic) bond motifs is 1. The van der Waals surface area contributed by atoms with Crippen LogP contribution in [0.2, 0.25) is 0 Å². The van der Waals surface area contributed by atoms with Crippen LogP contribution in [0.5, 0.6) is 0 Å². The van der Waals surface area contributed by atoms with E-state index in [9.17, 15) is 0 Å². The van der Waals surface area contributed by atoms with Gasteiger partial charge >= 0.3 is 0 Å². The van der Waals surface area contributed by atoms with Crippen LogP contribution in [0, 0.1) is 0 Å². The van der Waals surface area contributed by atoms with Crippen molar-refractivity contribution in [1.82, 2.24) is 15.3 Å². The molecule has 108 valence electrons. The fourth-order valence-corrected chi connectivity index (χ4v) is 3.01. The Balaban J connectivity index is 1.67. The molecule has 0 fully saturated rings. The van der Waals surface area contributed by atoms with Gasteiger partial charge in [0.15, 0.2) is 0 Å². The monoisotopic (exact) mass is 297 g/mol. The lowest BCUT2D eigenvalue weighted by molar-refractivity contribution is 0.673. The lowest BCUT2D eigenvalue weighted by Gasteiger charge is -2.03. The zero-order valence-corrected chi connectivity index (χ0v) is 12.9. The van der Waals surface area contributed by atoms with E-state index in [1.807, 2.05) is 12.3 Å². The molecule has 0 amide bonds. The number of hydrogen-bond donors (Lipinski definition) is 2. The van der Waals surface area contributed by atoms with Gasteiger partial charge in [-0.3, -0.25) is 0 Å². The molecule has 3 rings (SSSR count). The Hall–Kier alpha value is -1.78. The minimum Gasteiger partial charge on any atom is -0.349 e. The molecule has 0 bridgehead atoms. The van der Waals surface area contributed by atoms with E-state index in [-0.39, 0.29) is 0 Å². The molecule has 2 aromatic heterocycles. The van der Waals surface area contributed by atoms with Crippen LogP contribution < -0.4 is 5.32 Å². The second-order valence-corrected chi connectivity index (χ2v) is 6.07. The molecular weight excluding hydrogens is 278 g/mol. The molecule has 0 radical (unpaired) electrons. The van der Waals surface area contributed by atoms with Gasteiger partial charge in [-0.2, -0.15) is 0 Å². The van der Waals surface area contributed by atoms with Crippen molar-refractivity contribution in [3.63, 3.8) is 0 Å².